The maximum Gasteiger partial charge on any atom is 0.309 e. The Balaban J connectivity index is 1.78. The van der Waals surface area contributed by atoms with E-state index in [1.807, 2.05) is 37.3 Å². The molecule has 0 spiro atoms. The van der Waals surface area contributed by atoms with Gasteiger partial charge >= 0.3 is 5.97 Å². The van der Waals surface area contributed by atoms with Crippen molar-refractivity contribution in [2.75, 3.05) is 6.61 Å². The van der Waals surface area contributed by atoms with Crippen LogP contribution in [-0.4, -0.2) is 22.7 Å². The lowest BCUT2D eigenvalue weighted by Gasteiger charge is -2.13. The van der Waals surface area contributed by atoms with Crippen LogP contribution in [0.3, 0.4) is 0 Å². The van der Waals surface area contributed by atoms with Gasteiger partial charge in [-0.3, -0.25) is 4.79 Å². The first kappa shape index (κ1) is 18.9. The molecule has 1 aromatic heterocycles. The van der Waals surface area contributed by atoms with Gasteiger partial charge in [-0.25, -0.2) is 4.98 Å². The molecular formula is C21H21NO4S. The van der Waals surface area contributed by atoms with E-state index in [0.717, 1.165) is 16.1 Å². The Labute approximate surface area is 162 Å². The van der Waals surface area contributed by atoms with Crippen LogP contribution in [0.1, 0.15) is 23.7 Å². The molecule has 140 valence electrons. The number of carbonyl (C=O) groups is 1. The number of aromatic nitrogens is 1. The van der Waals surface area contributed by atoms with Gasteiger partial charge in [0.1, 0.15) is 11.6 Å². The summed E-state index contributed by atoms with van der Waals surface area (Å²) in [6.45, 7) is 4.95. The molecule has 6 heteroatoms. The van der Waals surface area contributed by atoms with Gasteiger partial charge in [0.2, 0.25) is 0 Å². The minimum Gasteiger partial charge on any atom is -0.490 e. The molecule has 2 aromatic carbocycles. The Hall–Kier alpha value is -2.86. The molecule has 0 unspecified atom stereocenters. The number of nitrogens with zero attached hydrogens (tertiary/aromatic N) is 1. The van der Waals surface area contributed by atoms with Gasteiger partial charge < -0.3 is 14.6 Å². The third-order valence-electron chi connectivity index (χ3n) is 3.89. The first-order chi connectivity index (χ1) is 13.0. The van der Waals surface area contributed by atoms with E-state index in [2.05, 4.69) is 24.0 Å². The van der Waals surface area contributed by atoms with E-state index in [-0.39, 0.29) is 6.42 Å². The third-order valence-corrected chi connectivity index (χ3v) is 4.83. The van der Waals surface area contributed by atoms with E-state index in [0.29, 0.717) is 30.4 Å². The Morgan fingerprint density at radius 2 is 1.89 bits per heavy atom. The highest BCUT2D eigenvalue weighted by atomic mass is 32.1. The summed E-state index contributed by atoms with van der Waals surface area (Å²) in [6.07, 6.45) is -0.0768. The molecule has 0 atom stereocenters. The molecule has 0 amide bonds. The predicted molar refractivity (Wildman–Crippen MR) is 106 cm³/mol. The lowest BCUT2D eigenvalue weighted by Crippen LogP contribution is -2.00. The highest BCUT2D eigenvalue weighted by molar-refractivity contribution is 7.13. The summed E-state index contributed by atoms with van der Waals surface area (Å²) >= 11 is 1.42. The minimum absolute atomic E-state index is 0.0768. The summed E-state index contributed by atoms with van der Waals surface area (Å²) in [6, 6.07) is 13.9. The molecule has 0 aliphatic carbocycles. The summed E-state index contributed by atoms with van der Waals surface area (Å²) in [5.74, 6) is 0.433. The molecule has 0 aliphatic heterocycles. The molecule has 0 radical (unpaired) electrons. The second-order valence-corrected chi connectivity index (χ2v) is 6.94. The predicted octanol–water partition coefficient (Wildman–Crippen LogP) is 4.72. The summed E-state index contributed by atoms with van der Waals surface area (Å²) in [5, 5.41) is 11.4. The van der Waals surface area contributed by atoms with Crippen molar-refractivity contribution >= 4 is 17.3 Å². The van der Waals surface area contributed by atoms with Gasteiger partial charge in [-0.1, -0.05) is 29.8 Å². The molecule has 3 rings (SSSR count). The number of hydrogen-bond acceptors (Lipinski definition) is 5. The standard InChI is InChI=1S/C21H21NO4S/c1-3-25-19-10-16(21-22-17(13-27-21)11-20(23)24)8-9-18(19)26-12-15-6-4-14(2)5-7-15/h4-10,13H,3,11-12H2,1-2H3,(H,23,24). The monoisotopic (exact) mass is 383 g/mol. The van der Waals surface area contributed by atoms with Crippen molar-refractivity contribution in [1.82, 2.24) is 4.98 Å². The lowest BCUT2D eigenvalue weighted by atomic mass is 10.1. The molecule has 3 aromatic rings. The van der Waals surface area contributed by atoms with Crippen molar-refractivity contribution in [2.45, 2.75) is 26.9 Å². The number of carboxylic acid groups (broad SMARTS) is 1. The second kappa shape index (κ2) is 8.68. The van der Waals surface area contributed by atoms with E-state index < -0.39 is 5.97 Å². The van der Waals surface area contributed by atoms with E-state index in [4.69, 9.17) is 14.6 Å². The SMILES string of the molecule is CCOc1cc(-c2nc(CC(=O)O)cs2)ccc1OCc1ccc(C)cc1. The van der Waals surface area contributed by atoms with Crippen LogP contribution in [-0.2, 0) is 17.8 Å². The molecule has 27 heavy (non-hydrogen) atoms. The summed E-state index contributed by atoms with van der Waals surface area (Å²) in [4.78, 5) is 15.2. The Bertz CT molecular complexity index is 918. The fraction of sp³-hybridized carbons (Fsp3) is 0.238. The first-order valence-electron chi connectivity index (χ1n) is 8.67. The topological polar surface area (TPSA) is 68.7 Å². The van der Waals surface area contributed by atoms with Crippen LogP contribution in [0.5, 0.6) is 11.5 Å². The quantitative estimate of drug-likeness (QED) is 0.609. The summed E-state index contributed by atoms with van der Waals surface area (Å²) in [5.41, 5.74) is 3.73. The molecule has 0 saturated heterocycles. The highest BCUT2D eigenvalue weighted by Gasteiger charge is 2.12. The van der Waals surface area contributed by atoms with Crippen molar-refractivity contribution in [1.29, 1.82) is 0 Å². The first-order valence-corrected chi connectivity index (χ1v) is 9.55. The maximum absolute atomic E-state index is 10.8. The van der Waals surface area contributed by atoms with Crippen LogP contribution in [0.15, 0.2) is 47.8 Å². The number of benzene rings is 2. The zero-order valence-corrected chi connectivity index (χ0v) is 16.1. The van der Waals surface area contributed by atoms with Crippen LogP contribution in [0.4, 0.5) is 0 Å². The normalized spacial score (nSPS) is 10.6. The van der Waals surface area contributed by atoms with Gasteiger partial charge in [-0.2, -0.15) is 0 Å². The number of hydrogen-bond donors (Lipinski definition) is 1. The van der Waals surface area contributed by atoms with E-state index >= 15 is 0 Å². The smallest absolute Gasteiger partial charge is 0.309 e. The van der Waals surface area contributed by atoms with Gasteiger partial charge in [-0.15, -0.1) is 11.3 Å². The Kier molecular flexibility index (Phi) is 6.08. The molecule has 5 nitrogen and oxygen atoms in total. The zero-order valence-electron chi connectivity index (χ0n) is 15.3. The number of carboxylic acids is 1. The highest BCUT2D eigenvalue weighted by Crippen LogP contribution is 2.34. The number of thiazole rings is 1. The number of ether oxygens (including phenoxy) is 2. The van der Waals surface area contributed by atoms with E-state index in [1.165, 1.54) is 16.9 Å². The van der Waals surface area contributed by atoms with Crippen molar-refractivity contribution in [3.63, 3.8) is 0 Å². The molecule has 0 saturated carbocycles. The zero-order chi connectivity index (χ0) is 19.2. The minimum atomic E-state index is -0.887. The molecule has 1 N–H and O–H groups in total. The molecule has 0 aliphatic rings. The average Bonchev–Trinajstić information content (AvgIpc) is 3.10. The fourth-order valence-electron chi connectivity index (χ4n) is 2.55. The maximum atomic E-state index is 10.8. The van der Waals surface area contributed by atoms with Crippen LogP contribution in [0, 0.1) is 6.92 Å². The van der Waals surface area contributed by atoms with Crippen LogP contribution in [0.25, 0.3) is 10.6 Å². The van der Waals surface area contributed by atoms with Gasteiger partial charge in [0.15, 0.2) is 11.5 Å². The van der Waals surface area contributed by atoms with Gasteiger partial charge in [0, 0.05) is 10.9 Å². The Morgan fingerprint density at radius 3 is 2.59 bits per heavy atom. The van der Waals surface area contributed by atoms with Crippen molar-refractivity contribution in [3.8, 4) is 22.1 Å². The van der Waals surface area contributed by atoms with Crippen molar-refractivity contribution in [2.24, 2.45) is 0 Å². The van der Waals surface area contributed by atoms with E-state index in [1.54, 1.807) is 5.38 Å². The number of rotatable bonds is 8. The molecule has 1 heterocycles. The summed E-state index contributed by atoms with van der Waals surface area (Å²) in [7, 11) is 0. The van der Waals surface area contributed by atoms with Crippen LogP contribution in [0.2, 0.25) is 0 Å². The fourth-order valence-corrected chi connectivity index (χ4v) is 3.37. The van der Waals surface area contributed by atoms with Crippen molar-refractivity contribution in [3.05, 3.63) is 64.7 Å². The molecular weight excluding hydrogens is 362 g/mol. The second-order valence-electron chi connectivity index (χ2n) is 6.08. The molecule has 0 bridgehead atoms. The van der Waals surface area contributed by atoms with Crippen LogP contribution < -0.4 is 9.47 Å². The third kappa shape index (κ3) is 5.08. The van der Waals surface area contributed by atoms with Crippen LogP contribution >= 0.6 is 11.3 Å². The number of aryl methyl sites for hydroxylation is 1. The Morgan fingerprint density at radius 1 is 1.11 bits per heavy atom. The van der Waals surface area contributed by atoms with Gasteiger partial charge in [0.25, 0.3) is 0 Å². The van der Waals surface area contributed by atoms with Gasteiger partial charge in [-0.05, 0) is 37.6 Å². The number of aliphatic carboxylic acids is 1. The largest absolute Gasteiger partial charge is 0.490 e. The summed E-state index contributed by atoms with van der Waals surface area (Å²) < 4.78 is 11.7. The van der Waals surface area contributed by atoms with Crippen molar-refractivity contribution < 1.29 is 19.4 Å². The lowest BCUT2D eigenvalue weighted by molar-refractivity contribution is -0.136. The average molecular weight is 383 g/mol. The molecule has 0 fully saturated rings. The van der Waals surface area contributed by atoms with E-state index in [9.17, 15) is 4.79 Å². The van der Waals surface area contributed by atoms with Gasteiger partial charge in [0.05, 0.1) is 18.7 Å².